The van der Waals surface area contributed by atoms with Gasteiger partial charge in [0.05, 0.1) is 41.7 Å². The van der Waals surface area contributed by atoms with Crippen molar-refractivity contribution in [1.82, 2.24) is 0 Å². The van der Waals surface area contributed by atoms with Gasteiger partial charge in [-0.25, -0.2) is 4.90 Å². The van der Waals surface area contributed by atoms with Crippen molar-refractivity contribution < 1.29 is 29.0 Å². The van der Waals surface area contributed by atoms with Crippen LogP contribution >= 0.6 is 0 Å². The molecule has 0 bridgehead atoms. The summed E-state index contributed by atoms with van der Waals surface area (Å²) in [6.45, 7) is 3.89. The fraction of sp³-hybridized carbons (Fsp3) is 0.333. The highest BCUT2D eigenvalue weighted by atomic mass is 16.5. The molecule has 4 aliphatic rings. The Morgan fingerprint density at radius 1 is 0.864 bits per heavy atom. The number of methoxy groups -OCH3 is 1. The normalized spacial score (nSPS) is 29.3. The minimum atomic E-state index is -1.16. The zero-order chi connectivity index (χ0) is 30.9. The van der Waals surface area contributed by atoms with Gasteiger partial charge in [-0.15, -0.1) is 0 Å². The van der Waals surface area contributed by atoms with E-state index in [4.69, 9.17) is 4.74 Å². The Balaban J connectivity index is 1.36. The molecule has 8 heteroatoms. The molecule has 0 aromatic heterocycles. The number of rotatable bonds is 5. The number of hydrogen-bond donors (Lipinski definition) is 1. The predicted octanol–water partition coefficient (Wildman–Crippen LogP) is 5.40. The Kier molecular flexibility index (Phi) is 6.50. The maximum atomic E-state index is 14.5. The molecule has 4 amide bonds. The number of anilines is 2. The molecule has 6 atom stereocenters. The summed E-state index contributed by atoms with van der Waals surface area (Å²) < 4.78 is 5.44. The topological polar surface area (TPSA) is 104 Å². The number of imide groups is 2. The van der Waals surface area contributed by atoms with Crippen molar-refractivity contribution in [2.75, 3.05) is 16.9 Å². The van der Waals surface area contributed by atoms with Crippen LogP contribution in [0.5, 0.6) is 11.5 Å². The minimum Gasteiger partial charge on any atom is -0.504 e. The van der Waals surface area contributed by atoms with Gasteiger partial charge in [-0.2, -0.15) is 0 Å². The number of aromatic hydroxyl groups is 1. The van der Waals surface area contributed by atoms with Crippen molar-refractivity contribution in [3.05, 3.63) is 95.6 Å². The van der Waals surface area contributed by atoms with Crippen LogP contribution in [-0.4, -0.2) is 35.8 Å². The highest BCUT2D eigenvalue weighted by molar-refractivity contribution is 6.25. The van der Waals surface area contributed by atoms with Crippen molar-refractivity contribution in [2.24, 2.45) is 29.1 Å². The third kappa shape index (κ3) is 3.82. The van der Waals surface area contributed by atoms with E-state index < -0.39 is 35.0 Å². The fourth-order valence-corrected chi connectivity index (χ4v) is 8.23. The lowest BCUT2D eigenvalue weighted by Gasteiger charge is -2.49. The Labute approximate surface area is 255 Å². The predicted molar refractivity (Wildman–Crippen MR) is 164 cm³/mol. The number of para-hydroxylation sites is 1. The summed E-state index contributed by atoms with van der Waals surface area (Å²) in [4.78, 5) is 59.3. The molecule has 3 fully saturated rings. The SMILES string of the molecule is CCc1ccc(N2C(=O)C3CC=C4C(CC5C(=O)N(c6ccccc6)C(=O)C5(C)C4c4ccc(O)c(OC)c4)C3C2=O)cc1. The molecule has 2 aliphatic carbocycles. The molecule has 6 unspecified atom stereocenters. The third-order valence-corrected chi connectivity index (χ3v) is 10.4. The van der Waals surface area contributed by atoms with E-state index in [2.05, 4.69) is 0 Å². The monoisotopic (exact) mass is 590 g/mol. The molecule has 44 heavy (non-hydrogen) atoms. The van der Waals surface area contributed by atoms with E-state index >= 15 is 0 Å². The second-order valence-electron chi connectivity index (χ2n) is 12.5. The molecule has 2 aliphatic heterocycles. The summed E-state index contributed by atoms with van der Waals surface area (Å²) in [6, 6.07) is 21.4. The molecule has 2 saturated heterocycles. The lowest BCUT2D eigenvalue weighted by molar-refractivity contribution is -0.131. The second kappa shape index (κ2) is 10.2. The number of nitrogens with zero attached hydrogens (tertiary/aromatic N) is 2. The van der Waals surface area contributed by atoms with Crippen LogP contribution in [0.15, 0.2) is 84.4 Å². The highest BCUT2D eigenvalue weighted by Crippen LogP contribution is 2.64. The summed E-state index contributed by atoms with van der Waals surface area (Å²) in [7, 11) is 1.46. The van der Waals surface area contributed by atoms with Crippen molar-refractivity contribution in [2.45, 2.75) is 39.0 Å². The lowest BCUT2D eigenvalue weighted by atomic mass is 9.51. The van der Waals surface area contributed by atoms with Crippen molar-refractivity contribution >= 4 is 35.0 Å². The maximum absolute atomic E-state index is 14.5. The smallest absolute Gasteiger partial charge is 0.241 e. The standard InChI is InChI=1S/C36H34N2O6/c1-4-20-10-13-23(14-11-20)37-32(40)25-16-15-24-26(30(25)34(37)42)19-27-33(41)38(22-8-6-5-7-9-22)35(43)36(27,2)31(24)21-12-17-28(39)29(18-21)44-3/h5-15,17-18,25-27,30-31,39H,4,16,19H2,1-3H3. The molecule has 1 saturated carbocycles. The number of carbonyl (C=O) groups is 4. The molecule has 3 aromatic rings. The van der Waals surface area contributed by atoms with Gasteiger partial charge in [-0.05, 0) is 79.6 Å². The number of ether oxygens (including phenoxy) is 1. The molecule has 224 valence electrons. The number of phenolic OH excluding ortho intramolecular Hbond substituents is 1. The largest absolute Gasteiger partial charge is 0.504 e. The van der Waals surface area contributed by atoms with E-state index in [1.54, 1.807) is 36.4 Å². The number of aryl methyl sites for hydroxylation is 1. The van der Waals surface area contributed by atoms with E-state index in [9.17, 15) is 24.3 Å². The van der Waals surface area contributed by atoms with E-state index in [1.807, 2.05) is 50.3 Å². The maximum Gasteiger partial charge on any atom is 0.241 e. The summed E-state index contributed by atoms with van der Waals surface area (Å²) in [5.74, 6) is -3.78. The van der Waals surface area contributed by atoms with Gasteiger partial charge < -0.3 is 9.84 Å². The first-order chi connectivity index (χ1) is 21.2. The molecule has 7 rings (SSSR count). The number of benzene rings is 3. The summed E-state index contributed by atoms with van der Waals surface area (Å²) in [5, 5.41) is 10.4. The van der Waals surface area contributed by atoms with Gasteiger partial charge in [0.25, 0.3) is 0 Å². The lowest BCUT2D eigenvalue weighted by Crippen LogP contribution is -2.48. The van der Waals surface area contributed by atoms with Crippen LogP contribution in [0.1, 0.15) is 43.7 Å². The number of hydrogen-bond acceptors (Lipinski definition) is 6. The first-order valence-electron chi connectivity index (χ1n) is 15.2. The Bertz CT molecular complexity index is 1730. The van der Waals surface area contributed by atoms with E-state index in [1.165, 1.54) is 23.0 Å². The van der Waals surface area contributed by atoms with E-state index in [0.717, 1.165) is 17.6 Å². The van der Waals surface area contributed by atoms with Crippen LogP contribution in [0.4, 0.5) is 11.4 Å². The van der Waals surface area contributed by atoms with Crippen LogP contribution in [0.2, 0.25) is 0 Å². The van der Waals surface area contributed by atoms with Crippen LogP contribution in [0, 0.1) is 29.1 Å². The average molecular weight is 591 g/mol. The van der Waals surface area contributed by atoms with E-state index in [0.29, 0.717) is 23.4 Å². The zero-order valence-electron chi connectivity index (χ0n) is 24.9. The summed E-state index contributed by atoms with van der Waals surface area (Å²) >= 11 is 0. The van der Waals surface area contributed by atoms with Gasteiger partial charge in [0.2, 0.25) is 23.6 Å². The van der Waals surface area contributed by atoms with Gasteiger partial charge >= 0.3 is 0 Å². The third-order valence-electron chi connectivity index (χ3n) is 10.4. The van der Waals surface area contributed by atoms with Crippen molar-refractivity contribution in [1.29, 1.82) is 0 Å². The van der Waals surface area contributed by atoms with Crippen LogP contribution in [0.25, 0.3) is 0 Å². The van der Waals surface area contributed by atoms with Gasteiger partial charge in [-0.1, -0.05) is 55.0 Å². The van der Waals surface area contributed by atoms with Crippen LogP contribution in [-0.2, 0) is 25.6 Å². The van der Waals surface area contributed by atoms with Gasteiger partial charge in [0, 0.05) is 5.92 Å². The molecular formula is C36H34N2O6. The average Bonchev–Trinajstić information content (AvgIpc) is 3.41. The molecule has 1 N–H and O–H groups in total. The highest BCUT2D eigenvalue weighted by Gasteiger charge is 2.67. The van der Waals surface area contributed by atoms with Crippen molar-refractivity contribution in [3.8, 4) is 11.5 Å². The summed E-state index contributed by atoms with van der Waals surface area (Å²) in [5.41, 5.74) is 2.60. The number of allylic oxidation sites excluding steroid dienone is 2. The van der Waals surface area contributed by atoms with Gasteiger partial charge in [0.15, 0.2) is 11.5 Å². The first-order valence-corrected chi connectivity index (χ1v) is 15.2. The number of fused-ring (bicyclic) bond motifs is 4. The molecular weight excluding hydrogens is 556 g/mol. The Morgan fingerprint density at radius 3 is 2.25 bits per heavy atom. The van der Waals surface area contributed by atoms with Crippen LogP contribution < -0.4 is 14.5 Å². The van der Waals surface area contributed by atoms with Gasteiger partial charge in [-0.3, -0.25) is 24.1 Å². The Hall–Kier alpha value is -4.72. The van der Waals surface area contributed by atoms with Crippen molar-refractivity contribution in [3.63, 3.8) is 0 Å². The molecule has 8 nitrogen and oxygen atoms in total. The number of amides is 4. The molecule has 0 radical (unpaired) electrons. The summed E-state index contributed by atoms with van der Waals surface area (Å²) in [6.07, 6.45) is 3.51. The first kappa shape index (κ1) is 28.1. The molecule has 2 heterocycles. The number of phenols is 1. The van der Waals surface area contributed by atoms with E-state index in [-0.39, 0.29) is 41.5 Å². The quantitative estimate of drug-likeness (QED) is 0.315. The Morgan fingerprint density at radius 2 is 1.57 bits per heavy atom. The molecule has 3 aromatic carbocycles. The van der Waals surface area contributed by atoms with Gasteiger partial charge in [0.1, 0.15) is 0 Å². The zero-order valence-corrected chi connectivity index (χ0v) is 24.9. The van der Waals surface area contributed by atoms with Crippen LogP contribution in [0.3, 0.4) is 0 Å². The molecule has 0 spiro atoms. The fourth-order valence-electron chi connectivity index (χ4n) is 8.23. The number of carbonyl (C=O) groups excluding carboxylic acids is 4. The minimum absolute atomic E-state index is 0.0379. The second-order valence-corrected chi connectivity index (χ2v) is 12.5.